The van der Waals surface area contributed by atoms with Crippen LogP contribution in [0.5, 0.6) is 0 Å². The van der Waals surface area contributed by atoms with Crippen molar-refractivity contribution in [2.75, 3.05) is 26.2 Å². The Morgan fingerprint density at radius 3 is 2.34 bits per heavy atom. The van der Waals surface area contributed by atoms with Gasteiger partial charge in [-0.3, -0.25) is 9.78 Å². The third-order valence-corrected chi connectivity index (χ3v) is 8.45. The maximum Gasteiger partial charge on any atom is 0.254 e. The summed E-state index contributed by atoms with van der Waals surface area (Å²) in [5.41, 5.74) is 4.50. The van der Waals surface area contributed by atoms with Crippen molar-refractivity contribution < 1.29 is 13.2 Å². The summed E-state index contributed by atoms with van der Waals surface area (Å²) >= 11 is 0. The molecule has 0 saturated carbocycles. The van der Waals surface area contributed by atoms with Crippen LogP contribution in [0.25, 0.3) is 22.2 Å². The Morgan fingerprint density at radius 2 is 1.60 bits per heavy atom. The van der Waals surface area contributed by atoms with Gasteiger partial charge in [0.05, 0.1) is 21.7 Å². The van der Waals surface area contributed by atoms with Crippen molar-refractivity contribution in [2.45, 2.75) is 18.7 Å². The van der Waals surface area contributed by atoms with E-state index in [1.807, 2.05) is 61.5 Å². The Bertz CT molecular complexity index is 1510. The number of sulfonamides is 1. The standard InChI is InChI=1S/C27H26N4O3S/c1-19-7-8-20(2)26(17-19)35(33,34)31-15-13-30(14-16-31)27(32)23-18-25(21-9-11-28-12-10-21)29-24-6-4-3-5-22(23)24/h3-12,17-18H,13-16H2,1-2H3. The molecule has 3 heterocycles. The molecule has 2 aromatic heterocycles. The molecule has 1 amide bonds. The maximum absolute atomic E-state index is 13.6. The number of carbonyl (C=O) groups excluding carboxylic acids is 1. The van der Waals surface area contributed by atoms with Crippen molar-refractivity contribution in [1.29, 1.82) is 0 Å². The summed E-state index contributed by atoms with van der Waals surface area (Å²) in [6.45, 7) is 4.84. The number of aryl methyl sites for hydroxylation is 2. The third kappa shape index (κ3) is 4.42. The highest BCUT2D eigenvalue weighted by molar-refractivity contribution is 7.89. The lowest BCUT2D eigenvalue weighted by molar-refractivity contribution is 0.0700. The summed E-state index contributed by atoms with van der Waals surface area (Å²) in [7, 11) is -3.63. The van der Waals surface area contributed by atoms with Crippen LogP contribution in [-0.2, 0) is 10.0 Å². The van der Waals surface area contributed by atoms with Gasteiger partial charge in [0.1, 0.15) is 0 Å². The SMILES string of the molecule is Cc1ccc(C)c(S(=O)(=O)N2CCN(C(=O)c3cc(-c4ccncc4)nc4ccccc34)CC2)c1. The van der Waals surface area contributed by atoms with Crippen molar-refractivity contribution in [1.82, 2.24) is 19.2 Å². The maximum atomic E-state index is 13.6. The lowest BCUT2D eigenvalue weighted by atomic mass is 10.0. The van der Waals surface area contributed by atoms with Crippen molar-refractivity contribution in [3.63, 3.8) is 0 Å². The molecule has 8 heteroatoms. The highest BCUT2D eigenvalue weighted by atomic mass is 32.2. The second-order valence-corrected chi connectivity index (χ2v) is 10.7. The van der Waals surface area contributed by atoms with Crippen molar-refractivity contribution >= 4 is 26.8 Å². The van der Waals surface area contributed by atoms with E-state index in [0.717, 1.165) is 27.6 Å². The van der Waals surface area contributed by atoms with Gasteiger partial charge in [0.25, 0.3) is 5.91 Å². The van der Waals surface area contributed by atoms with Crippen molar-refractivity contribution in [3.8, 4) is 11.3 Å². The monoisotopic (exact) mass is 486 g/mol. The van der Waals surface area contributed by atoms with Gasteiger partial charge >= 0.3 is 0 Å². The number of piperazine rings is 1. The van der Waals surface area contributed by atoms with E-state index < -0.39 is 10.0 Å². The topological polar surface area (TPSA) is 83.5 Å². The van der Waals surface area contributed by atoms with Crippen LogP contribution in [0.3, 0.4) is 0 Å². The summed E-state index contributed by atoms with van der Waals surface area (Å²) in [4.78, 5) is 24.5. The minimum absolute atomic E-state index is 0.123. The van der Waals surface area contributed by atoms with E-state index in [4.69, 9.17) is 4.98 Å². The first-order chi connectivity index (χ1) is 16.8. The molecule has 0 N–H and O–H groups in total. The fourth-order valence-corrected chi connectivity index (χ4v) is 6.18. The minimum Gasteiger partial charge on any atom is -0.336 e. The summed E-state index contributed by atoms with van der Waals surface area (Å²) in [5, 5.41) is 0.778. The molecule has 35 heavy (non-hydrogen) atoms. The number of fused-ring (bicyclic) bond motifs is 1. The van der Waals surface area contributed by atoms with Gasteiger partial charge in [0, 0.05) is 49.5 Å². The average molecular weight is 487 g/mol. The Kier molecular flexibility index (Phi) is 6.08. The van der Waals surface area contributed by atoms with Gasteiger partial charge in [0.2, 0.25) is 10.0 Å². The van der Waals surface area contributed by atoms with E-state index in [-0.39, 0.29) is 19.0 Å². The smallest absolute Gasteiger partial charge is 0.254 e. The molecular weight excluding hydrogens is 460 g/mol. The predicted molar refractivity (Wildman–Crippen MR) is 136 cm³/mol. The molecule has 4 aromatic rings. The van der Waals surface area contributed by atoms with Crippen LogP contribution < -0.4 is 0 Å². The molecule has 2 aromatic carbocycles. The molecule has 178 valence electrons. The molecular formula is C27H26N4O3S. The van der Waals surface area contributed by atoms with Gasteiger partial charge < -0.3 is 4.90 Å². The van der Waals surface area contributed by atoms with E-state index >= 15 is 0 Å². The number of hydrogen-bond donors (Lipinski definition) is 0. The number of para-hydroxylation sites is 1. The molecule has 1 fully saturated rings. The summed E-state index contributed by atoms with van der Waals surface area (Å²) < 4.78 is 28.1. The molecule has 1 saturated heterocycles. The fourth-order valence-electron chi connectivity index (χ4n) is 4.45. The molecule has 1 aliphatic heterocycles. The van der Waals surface area contributed by atoms with E-state index in [9.17, 15) is 13.2 Å². The predicted octanol–water partition coefficient (Wildman–Crippen LogP) is 4.06. The number of rotatable bonds is 4. The zero-order valence-corrected chi connectivity index (χ0v) is 20.5. The number of nitrogens with zero attached hydrogens (tertiary/aromatic N) is 4. The number of amides is 1. The number of aromatic nitrogens is 2. The Hall–Kier alpha value is -3.62. The molecule has 5 rings (SSSR count). The Balaban J connectivity index is 1.42. The molecule has 0 spiro atoms. The van der Waals surface area contributed by atoms with Gasteiger partial charge in [-0.05, 0) is 55.3 Å². The van der Waals surface area contributed by atoms with Gasteiger partial charge in [-0.2, -0.15) is 4.31 Å². The van der Waals surface area contributed by atoms with Crippen LogP contribution in [0.4, 0.5) is 0 Å². The number of benzene rings is 2. The number of carbonyl (C=O) groups is 1. The van der Waals surface area contributed by atoms with Crippen molar-refractivity contribution in [2.24, 2.45) is 0 Å². The normalized spacial score (nSPS) is 14.9. The lowest BCUT2D eigenvalue weighted by Gasteiger charge is -2.34. The second-order valence-electron chi connectivity index (χ2n) is 8.77. The van der Waals surface area contributed by atoms with Gasteiger partial charge in [-0.15, -0.1) is 0 Å². The number of pyridine rings is 2. The first kappa shape index (κ1) is 23.1. The molecule has 0 atom stereocenters. The molecule has 1 aliphatic rings. The van der Waals surface area contributed by atoms with E-state index in [1.165, 1.54) is 4.31 Å². The zero-order chi connectivity index (χ0) is 24.6. The fraction of sp³-hybridized carbons (Fsp3) is 0.222. The van der Waals surface area contributed by atoms with Crippen LogP contribution in [0.1, 0.15) is 21.5 Å². The third-order valence-electron chi connectivity index (χ3n) is 6.41. The van der Waals surface area contributed by atoms with Crippen LogP contribution in [0, 0.1) is 13.8 Å². The van der Waals surface area contributed by atoms with E-state index in [2.05, 4.69) is 4.98 Å². The molecule has 0 aliphatic carbocycles. The molecule has 7 nitrogen and oxygen atoms in total. The lowest BCUT2D eigenvalue weighted by Crippen LogP contribution is -2.50. The minimum atomic E-state index is -3.63. The highest BCUT2D eigenvalue weighted by Gasteiger charge is 2.32. The van der Waals surface area contributed by atoms with Crippen molar-refractivity contribution in [3.05, 3.63) is 89.7 Å². The Labute approximate surface area is 205 Å². The largest absolute Gasteiger partial charge is 0.336 e. The summed E-state index contributed by atoms with van der Waals surface area (Å²) in [6, 6.07) is 18.6. The molecule has 0 unspecified atom stereocenters. The van der Waals surface area contributed by atoms with Crippen LogP contribution in [0.2, 0.25) is 0 Å². The van der Waals surface area contributed by atoms with E-state index in [0.29, 0.717) is 29.2 Å². The van der Waals surface area contributed by atoms with Gasteiger partial charge in [-0.1, -0.05) is 30.3 Å². The first-order valence-electron chi connectivity index (χ1n) is 11.5. The Morgan fingerprint density at radius 1 is 0.886 bits per heavy atom. The van der Waals surface area contributed by atoms with Gasteiger partial charge in [-0.25, -0.2) is 13.4 Å². The second kappa shape index (κ2) is 9.20. The van der Waals surface area contributed by atoms with E-state index in [1.54, 1.807) is 30.3 Å². The summed E-state index contributed by atoms with van der Waals surface area (Å²) in [5.74, 6) is -0.123. The molecule has 0 bridgehead atoms. The summed E-state index contributed by atoms with van der Waals surface area (Å²) in [6.07, 6.45) is 3.40. The van der Waals surface area contributed by atoms with Crippen LogP contribution in [0.15, 0.2) is 78.0 Å². The quantitative estimate of drug-likeness (QED) is 0.434. The molecule has 0 radical (unpaired) electrons. The average Bonchev–Trinajstić information content (AvgIpc) is 2.89. The first-order valence-corrected chi connectivity index (χ1v) is 13.0. The number of hydrogen-bond acceptors (Lipinski definition) is 5. The highest BCUT2D eigenvalue weighted by Crippen LogP contribution is 2.27. The van der Waals surface area contributed by atoms with Crippen LogP contribution in [-0.4, -0.2) is 59.7 Å². The van der Waals surface area contributed by atoms with Gasteiger partial charge in [0.15, 0.2) is 0 Å². The zero-order valence-electron chi connectivity index (χ0n) is 19.7. The van der Waals surface area contributed by atoms with Crippen LogP contribution >= 0.6 is 0 Å².